The zero-order valence-electron chi connectivity index (χ0n) is 14.0. The van der Waals surface area contributed by atoms with Crippen molar-refractivity contribution in [1.82, 2.24) is 20.2 Å². The lowest BCUT2D eigenvalue weighted by atomic mass is 9.98. The molecular weight excluding hydrogens is 323 g/mol. The third kappa shape index (κ3) is 3.61. The summed E-state index contributed by atoms with van der Waals surface area (Å²) in [4.78, 5) is 6.85. The number of hydrogen-bond acceptors (Lipinski definition) is 6. The molecule has 1 aromatic carbocycles. The van der Waals surface area contributed by atoms with Gasteiger partial charge in [0.25, 0.3) is 0 Å². The van der Waals surface area contributed by atoms with Crippen molar-refractivity contribution in [2.24, 2.45) is 0 Å². The van der Waals surface area contributed by atoms with Crippen molar-refractivity contribution < 1.29 is 13.4 Å². The van der Waals surface area contributed by atoms with Crippen molar-refractivity contribution in [1.29, 1.82) is 0 Å². The highest BCUT2D eigenvalue weighted by Crippen LogP contribution is 2.28. The summed E-state index contributed by atoms with van der Waals surface area (Å²) in [5.74, 6) is 1.88. The van der Waals surface area contributed by atoms with Crippen LogP contribution in [0.25, 0.3) is 11.4 Å². The average molecular weight is 342 g/mol. The van der Waals surface area contributed by atoms with E-state index in [2.05, 4.69) is 20.2 Å². The molecule has 2 aromatic heterocycles. The van der Waals surface area contributed by atoms with Crippen LogP contribution in [0.4, 0.5) is 4.39 Å². The van der Waals surface area contributed by atoms with Crippen molar-refractivity contribution in [3.05, 3.63) is 53.5 Å². The van der Waals surface area contributed by atoms with Gasteiger partial charge in [0.2, 0.25) is 11.7 Å². The van der Waals surface area contributed by atoms with E-state index in [-0.39, 0.29) is 11.7 Å². The minimum absolute atomic E-state index is 0.198. The molecule has 0 aliphatic carbocycles. The fourth-order valence-corrected chi connectivity index (χ4v) is 3.24. The van der Waals surface area contributed by atoms with Crippen molar-refractivity contribution in [2.45, 2.75) is 32.2 Å². The van der Waals surface area contributed by atoms with E-state index >= 15 is 0 Å². The first-order chi connectivity index (χ1) is 12.2. The highest BCUT2D eigenvalue weighted by molar-refractivity contribution is 5.53. The Morgan fingerprint density at radius 1 is 1.20 bits per heavy atom. The van der Waals surface area contributed by atoms with E-state index in [9.17, 15) is 4.39 Å². The first-order valence-corrected chi connectivity index (χ1v) is 8.41. The van der Waals surface area contributed by atoms with E-state index in [4.69, 9.17) is 9.05 Å². The fourth-order valence-electron chi connectivity index (χ4n) is 3.24. The number of benzene rings is 1. The Balaban J connectivity index is 1.45. The Kier molecular flexibility index (Phi) is 4.31. The third-order valence-corrected chi connectivity index (χ3v) is 4.46. The maximum absolute atomic E-state index is 13.0. The quantitative estimate of drug-likeness (QED) is 0.722. The SMILES string of the molecule is Cc1cc(CN2CCCC(c3nc(-c4ccc(F)cc4)no3)C2)no1. The molecule has 0 amide bonds. The number of aromatic nitrogens is 3. The number of nitrogens with zero attached hydrogens (tertiary/aromatic N) is 4. The van der Waals surface area contributed by atoms with E-state index in [0.29, 0.717) is 11.7 Å². The zero-order valence-corrected chi connectivity index (χ0v) is 14.0. The highest BCUT2D eigenvalue weighted by atomic mass is 19.1. The summed E-state index contributed by atoms with van der Waals surface area (Å²) < 4.78 is 23.7. The normalized spacial score (nSPS) is 18.6. The monoisotopic (exact) mass is 342 g/mol. The standard InChI is InChI=1S/C18H19FN4O2/c1-12-9-16(21-24-12)11-23-8-2-3-14(10-23)18-20-17(22-25-18)13-4-6-15(19)7-5-13/h4-7,9,14H,2-3,8,10-11H2,1H3. The first-order valence-electron chi connectivity index (χ1n) is 8.41. The van der Waals surface area contributed by atoms with Crippen molar-refractivity contribution >= 4 is 0 Å². The maximum Gasteiger partial charge on any atom is 0.231 e. The van der Waals surface area contributed by atoms with Crippen LogP contribution in [0.15, 0.2) is 39.4 Å². The second kappa shape index (κ2) is 6.76. The second-order valence-corrected chi connectivity index (χ2v) is 6.47. The van der Waals surface area contributed by atoms with Crippen molar-refractivity contribution in [3.8, 4) is 11.4 Å². The van der Waals surface area contributed by atoms with Gasteiger partial charge in [-0.05, 0) is 50.6 Å². The molecule has 0 saturated carbocycles. The summed E-state index contributed by atoms with van der Waals surface area (Å²) >= 11 is 0. The minimum atomic E-state index is -0.279. The largest absolute Gasteiger partial charge is 0.361 e. The van der Waals surface area contributed by atoms with Crippen LogP contribution >= 0.6 is 0 Å². The number of piperidine rings is 1. The summed E-state index contributed by atoms with van der Waals surface area (Å²) in [6, 6.07) is 8.07. The Bertz CT molecular complexity index is 843. The molecule has 7 heteroatoms. The number of likely N-dealkylation sites (tertiary alicyclic amines) is 1. The molecule has 25 heavy (non-hydrogen) atoms. The van der Waals surface area contributed by atoms with Gasteiger partial charge in [0, 0.05) is 24.7 Å². The highest BCUT2D eigenvalue weighted by Gasteiger charge is 2.26. The molecule has 6 nitrogen and oxygen atoms in total. The molecule has 1 aliphatic rings. The smallest absolute Gasteiger partial charge is 0.231 e. The van der Waals surface area contributed by atoms with Crippen LogP contribution in [-0.2, 0) is 6.54 Å². The lowest BCUT2D eigenvalue weighted by Crippen LogP contribution is -2.34. The van der Waals surface area contributed by atoms with Crippen molar-refractivity contribution in [3.63, 3.8) is 0 Å². The molecule has 1 unspecified atom stereocenters. The molecule has 1 atom stereocenters. The van der Waals surface area contributed by atoms with Crippen LogP contribution < -0.4 is 0 Å². The Labute approximate surface area is 144 Å². The number of rotatable bonds is 4. The maximum atomic E-state index is 13.0. The number of halogens is 1. The molecule has 3 aromatic rings. The van der Waals surface area contributed by atoms with E-state index in [0.717, 1.165) is 49.5 Å². The van der Waals surface area contributed by atoms with E-state index in [1.54, 1.807) is 12.1 Å². The van der Waals surface area contributed by atoms with Gasteiger partial charge >= 0.3 is 0 Å². The molecule has 1 saturated heterocycles. The van der Waals surface area contributed by atoms with E-state index < -0.39 is 0 Å². The molecule has 4 rings (SSSR count). The lowest BCUT2D eigenvalue weighted by molar-refractivity contribution is 0.176. The Morgan fingerprint density at radius 3 is 2.80 bits per heavy atom. The summed E-state index contributed by atoms with van der Waals surface area (Å²) in [6.45, 7) is 4.51. The topological polar surface area (TPSA) is 68.2 Å². The van der Waals surface area contributed by atoms with Gasteiger partial charge in [0.15, 0.2) is 0 Å². The van der Waals surface area contributed by atoms with Crippen LogP contribution in [0.5, 0.6) is 0 Å². The minimum Gasteiger partial charge on any atom is -0.361 e. The van der Waals surface area contributed by atoms with Gasteiger partial charge in [0.1, 0.15) is 11.6 Å². The fraction of sp³-hybridized carbons (Fsp3) is 0.389. The number of aryl methyl sites for hydroxylation is 1. The van der Waals surface area contributed by atoms with E-state index in [1.165, 1.54) is 12.1 Å². The molecule has 0 bridgehead atoms. The second-order valence-electron chi connectivity index (χ2n) is 6.47. The predicted octanol–water partition coefficient (Wildman–Crippen LogP) is 3.55. The number of hydrogen-bond donors (Lipinski definition) is 0. The molecule has 1 aliphatic heterocycles. The average Bonchev–Trinajstić information content (AvgIpc) is 3.25. The summed E-state index contributed by atoms with van der Waals surface area (Å²) in [6.07, 6.45) is 2.08. The van der Waals surface area contributed by atoms with Crippen molar-refractivity contribution in [2.75, 3.05) is 13.1 Å². The van der Waals surface area contributed by atoms with Gasteiger partial charge in [-0.2, -0.15) is 4.98 Å². The third-order valence-electron chi connectivity index (χ3n) is 4.46. The van der Waals surface area contributed by atoms with Crippen LogP contribution in [-0.4, -0.2) is 33.3 Å². The van der Waals surface area contributed by atoms with Gasteiger partial charge < -0.3 is 9.05 Å². The van der Waals surface area contributed by atoms with E-state index in [1.807, 2.05) is 13.0 Å². The molecule has 0 radical (unpaired) electrons. The summed E-state index contributed by atoms with van der Waals surface area (Å²) in [5, 5.41) is 8.11. The molecule has 3 heterocycles. The molecular formula is C18H19FN4O2. The van der Waals surface area contributed by atoms with Gasteiger partial charge in [-0.3, -0.25) is 4.90 Å². The zero-order chi connectivity index (χ0) is 17.2. The molecule has 0 N–H and O–H groups in total. The lowest BCUT2D eigenvalue weighted by Gasteiger charge is -2.30. The van der Waals surface area contributed by atoms with Crippen LogP contribution in [0.3, 0.4) is 0 Å². The Hall–Kier alpha value is -2.54. The summed E-state index contributed by atoms with van der Waals surface area (Å²) in [5.41, 5.74) is 1.69. The van der Waals surface area contributed by atoms with Crippen LogP contribution in [0.2, 0.25) is 0 Å². The summed E-state index contributed by atoms with van der Waals surface area (Å²) in [7, 11) is 0. The molecule has 0 spiro atoms. The van der Waals surface area contributed by atoms with Gasteiger partial charge in [-0.1, -0.05) is 10.3 Å². The Morgan fingerprint density at radius 2 is 2.04 bits per heavy atom. The van der Waals surface area contributed by atoms with Crippen LogP contribution in [0.1, 0.15) is 36.1 Å². The van der Waals surface area contributed by atoms with Gasteiger partial charge in [0.05, 0.1) is 11.6 Å². The predicted molar refractivity (Wildman–Crippen MR) is 88.2 cm³/mol. The molecule has 1 fully saturated rings. The van der Waals surface area contributed by atoms with Crippen LogP contribution in [0, 0.1) is 12.7 Å². The molecule has 130 valence electrons. The van der Waals surface area contributed by atoms with Gasteiger partial charge in [-0.15, -0.1) is 0 Å². The van der Waals surface area contributed by atoms with Gasteiger partial charge in [-0.25, -0.2) is 4.39 Å². The first kappa shape index (κ1) is 16.0.